The summed E-state index contributed by atoms with van der Waals surface area (Å²) in [6.07, 6.45) is 2.10. The molecule has 1 aliphatic heterocycles. The first-order valence-electron chi connectivity index (χ1n) is 7.43. The molecule has 0 radical (unpaired) electrons. The summed E-state index contributed by atoms with van der Waals surface area (Å²) in [6.45, 7) is 2.22. The summed E-state index contributed by atoms with van der Waals surface area (Å²) in [5, 5.41) is 0. The molecule has 24 heavy (non-hydrogen) atoms. The molecule has 0 aromatic heterocycles. The Morgan fingerprint density at radius 2 is 1.79 bits per heavy atom. The molecule has 3 rings (SSSR count). The molecule has 5 nitrogen and oxygen atoms in total. The van der Waals surface area contributed by atoms with Gasteiger partial charge in [-0.25, -0.2) is 4.79 Å². The van der Waals surface area contributed by atoms with E-state index in [0.717, 1.165) is 5.56 Å². The Bertz CT molecular complexity index is 895. The van der Waals surface area contributed by atoms with E-state index in [2.05, 4.69) is 0 Å². The van der Waals surface area contributed by atoms with Crippen LogP contribution >= 0.6 is 0 Å². The summed E-state index contributed by atoms with van der Waals surface area (Å²) in [4.78, 5) is 11.7. The van der Waals surface area contributed by atoms with Crippen LogP contribution in [0.1, 0.15) is 17.5 Å². The average molecular weight is 344 g/mol. The third kappa shape index (κ3) is 3.49. The highest BCUT2D eigenvalue weighted by Crippen LogP contribution is 2.27. The smallest absolute Gasteiger partial charge is 0.339 e. The van der Waals surface area contributed by atoms with Crippen LogP contribution in [-0.2, 0) is 19.6 Å². The zero-order valence-electron chi connectivity index (χ0n) is 13.1. The quantitative estimate of drug-likeness (QED) is 0.484. The zero-order chi connectivity index (χ0) is 17.2. The topological polar surface area (TPSA) is 69.7 Å². The first-order chi connectivity index (χ1) is 11.5. The van der Waals surface area contributed by atoms with Crippen molar-refractivity contribution < 1.29 is 22.1 Å². The molecule has 0 atom stereocenters. The Morgan fingerprint density at radius 3 is 2.46 bits per heavy atom. The lowest BCUT2D eigenvalue weighted by molar-refractivity contribution is -0.134. The Labute approximate surface area is 140 Å². The number of carbonyl (C=O) groups excluding carboxylic acids is 1. The maximum atomic E-state index is 12.4. The van der Waals surface area contributed by atoms with Crippen molar-refractivity contribution in [2.24, 2.45) is 0 Å². The number of hydrogen-bond donors (Lipinski definition) is 0. The van der Waals surface area contributed by atoms with Crippen molar-refractivity contribution in [3.05, 3.63) is 65.2 Å². The number of ether oxygens (including phenoxy) is 1. The predicted octanol–water partition coefficient (Wildman–Crippen LogP) is 3.09. The minimum atomic E-state index is -3.95. The molecule has 0 unspecified atom stereocenters. The first-order valence-corrected chi connectivity index (χ1v) is 8.84. The van der Waals surface area contributed by atoms with Gasteiger partial charge in [0.1, 0.15) is 10.6 Å². The maximum Gasteiger partial charge on any atom is 0.339 e. The number of rotatable bonds is 4. The second-order valence-corrected chi connectivity index (χ2v) is 6.99. The number of hydrogen-bond acceptors (Lipinski definition) is 5. The fourth-order valence-corrected chi connectivity index (χ4v) is 3.27. The largest absolute Gasteiger partial charge is 0.462 e. The summed E-state index contributed by atoms with van der Waals surface area (Å²) >= 11 is 0. The standard InChI is InChI=1S/C18H16O5S/c1-13-6-8-16(9-7-13)24(20,21)23-17-5-3-2-4-14(17)12-15-10-11-22-18(15)19/h2-9,12H,10-11H2,1H3/b15-12-. The van der Waals surface area contributed by atoms with Crippen LogP contribution in [0.2, 0.25) is 0 Å². The number of aryl methyl sites for hydroxylation is 1. The third-order valence-electron chi connectivity index (χ3n) is 3.62. The van der Waals surface area contributed by atoms with E-state index in [-0.39, 0.29) is 16.6 Å². The van der Waals surface area contributed by atoms with Gasteiger partial charge < -0.3 is 8.92 Å². The molecular formula is C18H16O5S. The maximum absolute atomic E-state index is 12.4. The lowest BCUT2D eigenvalue weighted by atomic mass is 10.1. The Hall–Kier alpha value is -2.60. The van der Waals surface area contributed by atoms with Crippen molar-refractivity contribution in [3.8, 4) is 5.75 Å². The fourth-order valence-electron chi connectivity index (χ4n) is 2.31. The molecule has 124 valence electrons. The number of carbonyl (C=O) groups is 1. The van der Waals surface area contributed by atoms with Gasteiger partial charge in [0.15, 0.2) is 0 Å². The van der Waals surface area contributed by atoms with Crippen LogP contribution < -0.4 is 4.18 Å². The fraction of sp³-hybridized carbons (Fsp3) is 0.167. The van der Waals surface area contributed by atoms with Crippen LogP contribution in [0.5, 0.6) is 5.75 Å². The van der Waals surface area contributed by atoms with Gasteiger partial charge in [-0.2, -0.15) is 8.42 Å². The van der Waals surface area contributed by atoms with E-state index in [4.69, 9.17) is 8.92 Å². The van der Waals surface area contributed by atoms with E-state index in [1.165, 1.54) is 12.1 Å². The second-order valence-electron chi connectivity index (χ2n) is 5.44. The number of cyclic esters (lactones) is 1. The first kappa shape index (κ1) is 16.3. The molecule has 1 fully saturated rings. The number of para-hydroxylation sites is 1. The van der Waals surface area contributed by atoms with E-state index < -0.39 is 10.1 Å². The molecule has 1 aliphatic rings. The molecule has 0 N–H and O–H groups in total. The summed E-state index contributed by atoms with van der Waals surface area (Å²) in [7, 11) is -3.95. The average Bonchev–Trinajstić information content (AvgIpc) is 2.94. The Morgan fingerprint density at radius 1 is 1.08 bits per heavy atom. The molecule has 0 saturated carbocycles. The van der Waals surface area contributed by atoms with Crippen LogP contribution in [0, 0.1) is 6.92 Å². The lowest BCUT2D eigenvalue weighted by Gasteiger charge is -2.10. The molecule has 0 aliphatic carbocycles. The van der Waals surface area contributed by atoms with Crippen molar-refractivity contribution in [3.63, 3.8) is 0 Å². The highest BCUT2D eigenvalue weighted by molar-refractivity contribution is 7.87. The molecule has 0 amide bonds. The molecule has 2 aromatic carbocycles. The van der Waals surface area contributed by atoms with Crippen LogP contribution in [0.3, 0.4) is 0 Å². The van der Waals surface area contributed by atoms with Gasteiger partial charge in [0.05, 0.1) is 6.61 Å². The Balaban J connectivity index is 1.93. The zero-order valence-corrected chi connectivity index (χ0v) is 13.9. The van der Waals surface area contributed by atoms with E-state index in [9.17, 15) is 13.2 Å². The van der Waals surface area contributed by atoms with E-state index in [1.54, 1.807) is 42.5 Å². The van der Waals surface area contributed by atoms with Crippen molar-refractivity contribution in [2.45, 2.75) is 18.2 Å². The monoisotopic (exact) mass is 344 g/mol. The van der Waals surface area contributed by atoms with E-state index in [0.29, 0.717) is 24.2 Å². The van der Waals surface area contributed by atoms with Crippen molar-refractivity contribution in [2.75, 3.05) is 6.61 Å². The van der Waals surface area contributed by atoms with Gasteiger partial charge in [0.25, 0.3) is 0 Å². The molecule has 0 spiro atoms. The summed E-state index contributed by atoms with van der Waals surface area (Å²) in [5.41, 5.74) is 1.97. The van der Waals surface area contributed by atoms with Gasteiger partial charge in [-0.05, 0) is 31.2 Å². The highest BCUT2D eigenvalue weighted by atomic mass is 32.2. The predicted molar refractivity (Wildman–Crippen MR) is 89.0 cm³/mol. The number of esters is 1. The Kier molecular flexibility index (Phi) is 4.40. The molecule has 2 aromatic rings. The lowest BCUT2D eigenvalue weighted by Crippen LogP contribution is -2.10. The molecule has 1 heterocycles. The summed E-state index contributed by atoms with van der Waals surface area (Å²) in [6, 6.07) is 13.1. The van der Waals surface area contributed by atoms with Crippen LogP contribution in [0.25, 0.3) is 6.08 Å². The van der Waals surface area contributed by atoms with Gasteiger partial charge in [-0.1, -0.05) is 35.9 Å². The SMILES string of the molecule is Cc1ccc(S(=O)(=O)Oc2ccccc2/C=C2/CCOC2=O)cc1. The highest BCUT2D eigenvalue weighted by Gasteiger charge is 2.21. The third-order valence-corrected chi connectivity index (χ3v) is 4.87. The minimum Gasteiger partial charge on any atom is -0.462 e. The van der Waals surface area contributed by atoms with Crippen molar-refractivity contribution in [1.82, 2.24) is 0 Å². The van der Waals surface area contributed by atoms with Crippen LogP contribution in [-0.4, -0.2) is 21.0 Å². The van der Waals surface area contributed by atoms with Crippen LogP contribution in [0.15, 0.2) is 59.0 Å². The van der Waals surface area contributed by atoms with Gasteiger partial charge in [0, 0.05) is 17.6 Å². The molecule has 6 heteroatoms. The molecule has 0 bridgehead atoms. The normalized spacial score (nSPS) is 16.2. The van der Waals surface area contributed by atoms with Gasteiger partial charge in [-0.3, -0.25) is 0 Å². The second kappa shape index (κ2) is 6.49. The van der Waals surface area contributed by atoms with Gasteiger partial charge in [-0.15, -0.1) is 0 Å². The molecular weight excluding hydrogens is 328 g/mol. The van der Waals surface area contributed by atoms with E-state index >= 15 is 0 Å². The minimum absolute atomic E-state index is 0.0795. The summed E-state index contributed by atoms with van der Waals surface area (Å²) < 4.78 is 35.0. The molecule has 1 saturated heterocycles. The summed E-state index contributed by atoms with van der Waals surface area (Å²) in [5.74, 6) is -0.212. The van der Waals surface area contributed by atoms with Crippen molar-refractivity contribution in [1.29, 1.82) is 0 Å². The van der Waals surface area contributed by atoms with Crippen LogP contribution in [0.4, 0.5) is 0 Å². The van der Waals surface area contributed by atoms with Gasteiger partial charge >= 0.3 is 16.1 Å². The van der Waals surface area contributed by atoms with Gasteiger partial charge in [0.2, 0.25) is 0 Å². The van der Waals surface area contributed by atoms with E-state index in [1.807, 2.05) is 6.92 Å². The number of benzene rings is 2. The van der Waals surface area contributed by atoms with Crippen molar-refractivity contribution >= 4 is 22.2 Å².